The number of hydrogen-bond acceptors (Lipinski definition) is 6. The molecule has 0 saturated heterocycles. The van der Waals surface area contributed by atoms with E-state index in [-0.39, 0.29) is 54.5 Å². The van der Waals surface area contributed by atoms with Crippen molar-refractivity contribution in [3.63, 3.8) is 0 Å². The van der Waals surface area contributed by atoms with Gasteiger partial charge in [0.05, 0.1) is 27.7 Å². The van der Waals surface area contributed by atoms with Gasteiger partial charge in [0, 0.05) is 52.5 Å². The van der Waals surface area contributed by atoms with Crippen molar-refractivity contribution >= 4 is 56.0 Å². The van der Waals surface area contributed by atoms with Crippen molar-refractivity contribution in [2.45, 2.75) is 103 Å². The Balaban J connectivity index is 0.00000225. The third-order valence-corrected chi connectivity index (χ3v) is 11.8. The van der Waals surface area contributed by atoms with Crippen LogP contribution in [0.5, 0.6) is 0 Å². The molecule has 0 bridgehead atoms. The number of alkyl halides is 8. The molecule has 0 saturated carbocycles. The molecule has 1 amide bonds. The first-order valence-corrected chi connectivity index (χ1v) is 23.3. The van der Waals surface area contributed by atoms with Crippen LogP contribution in [0.25, 0.3) is 22.0 Å². The molecular formula is C42H44ClF10N7O3S2. The lowest BCUT2D eigenvalue weighted by Crippen LogP contribution is -2.35. The number of nitrogens with one attached hydrogen (secondary N) is 2. The summed E-state index contributed by atoms with van der Waals surface area (Å²) in [6.45, 7) is 8.23. The van der Waals surface area contributed by atoms with Gasteiger partial charge in [-0.15, -0.1) is 0 Å². The second-order valence-corrected chi connectivity index (χ2v) is 17.9. The van der Waals surface area contributed by atoms with Crippen LogP contribution < -0.4 is 10.0 Å². The first-order valence-electron chi connectivity index (χ1n) is 19.8. The third kappa shape index (κ3) is 12.5. The number of fused-ring (bicyclic) bond motifs is 2. The van der Waals surface area contributed by atoms with Crippen molar-refractivity contribution in [1.29, 1.82) is 0 Å². The summed E-state index contributed by atoms with van der Waals surface area (Å²) in [5, 5.41) is 9.57. The molecule has 3 heterocycles. The summed E-state index contributed by atoms with van der Waals surface area (Å²) in [6.07, 6.45) is -9.65. The fourth-order valence-corrected chi connectivity index (χ4v) is 7.61. The lowest BCUT2D eigenvalue weighted by atomic mass is 9.93. The molecule has 0 spiro atoms. The first-order chi connectivity index (χ1) is 30.2. The number of amides is 1. The zero-order valence-electron chi connectivity index (χ0n) is 36.1. The maximum atomic E-state index is 15.0. The zero-order valence-corrected chi connectivity index (χ0v) is 38.5. The van der Waals surface area contributed by atoms with Gasteiger partial charge >= 0.3 is 12.4 Å². The van der Waals surface area contributed by atoms with Gasteiger partial charge in [0.15, 0.2) is 11.5 Å². The summed E-state index contributed by atoms with van der Waals surface area (Å²) in [4.78, 5) is 18.5. The van der Waals surface area contributed by atoms with Crippen LogP contribution in [-0.2, 0) is 64.6 Å². The van der Waals surface area contributed by atoms with E-state index in [9.17, 15) is 48.3 Å². The van der Waals surface area contributed by atoms with Crippen LogP contribution in [0.2, 0.25) is 5.02 Å². The number of aromatic nitrogens is 5. The van der Waals surface area contributed by atoms with Gasteiger partial charge in [0.1, 0.15) is 51.8 Å². The average molecular weight is 984 g/mol. The van der Waals surface area contributed by atoms with Gasteiger partial charge in [-0.1, -0.05) is 51.3 Å². The fraction of sp³-hybridized carbons (Fsp3) is 0.429. The van der Waals surface area contributed by atoms with Gasteiger partial charge in [0.2, 0.25) is 5.91 Å². The van der Waals surface area contributed by atoms with E-state index in [1.807, 2.05) is 27.7 Å². The highest BCUT2D eigenvalue weighted by Crippen LogP contribution is 2.47. The van der Waals surface area contributed by atoms with Gasteiger partial charge < -0.3 is 5.32 Å². The van der Waals surface area contributed by atoms with E-state index in [1.165, 1.54) is 36.8 Å². The molecule has 0 radical (unpaired) electrons. The summed E-state index contributed by atoms with van der Waals surface area (Å²) in [7, 11) is -3.37. The number of halogens is 11. The van der Waals surface area contributed by atoms with Crippen molar-refractivity contribution in [3.8, 4) is 23.0 Å². The molecule has 23 heteroatoms. The zero-order chi connectivity index (χ0) is 49.0. The first kappa shape index (κ1) is 52.6. The van der Waals surface area contributed by atoms with Crippen LogP contribution in [0.3, 0.4) is 0 Å². The largest absolute Gasteiger partial charge is 0.435 e. The minimum atomic E-state index is -5.15. The molecule has 6 rings (SSSR count). The summed E-state index contributed by atoms with van der Waals surface area (Å²) >= 11 is 6.51. The standard InChI is InChI=1S/C38H32ClF10N7O3S2.2C2H6/c1-35(2,60(3)58)11-9-22-5-6-23(24-7-8-26(39)29-31(24)56(18-37(44,45)46)53-34(29)54-61(4)59)30(50-22)27(15-19-13-20(40)16-21(41)14-19)51-28(57)17-55-33-25(10-12-36(33,42)43)32(52-55)38(47,48)49;2*1-2/h5-8,13-14,16,27H,10,12,15,17-18H2,1-4H3,(H,51,57)(H,53,54);2*1-2H3. The smallest absolute Gasteiger partial charge is 0.346 e. The van der Waals surface area contributed by atoms with Gasteiger partial charge in [-0.25, -0.2) is 18.0 Å². The van der Waals surface area contributed by atoms with Crippen molar-refractivity contribution in [2.75, 3.05) is 17.2 Å². The maximum Gasteiger partial charge on any atom is 0.435 e. The second kappa shape index (κ2) is 20.7. The fourth-order valence-electron chi connectivity index (χ4n) is 6.76. The van der Waals surface area contributed by atoms with Crippen molar-refractivity contribution in [3.05, 3.63) is 93.0 Å². The minimum Gasteiger partial charge on any atom is -0.346 e. The topological polar surface area (TPSA) is 124 Å². The molecule has 2 N–H and O–H groups in total. The van der Waals surface area contributed by atoms with Crippen LogP contribution in [0.15, 0.2) is 42.5 Å². The summed E-state index contributed by atoms with van der Waals surface area (Å²) in [5.41, 5.74) is -4.37. The van der Waals surface area contributed by atoms with Crippen molar-refractivity contribution < 1.29 is 57.1 Å². The van der Waals surface area contributed by atoms with E-state index < -0.39 is 118 Å². The molecule has 5 aromatic rings. The number of hydrogen-bond donors (Lipinski definition) is 2. The molecular weight excluding hydrogens is 940 g/mol. The number of pyridine rings is 1. The van der Waals surface area contributed by atoms with E-state index in [0.717, 1.165) is 12.1 Å². The van der Waals surface area contributed by atoms with Gasteiger partial charge in [0.25, 0.3) is 5.92 Å². The predicted molar refractivity (Wildman–Crippen MR) is 230 cm³/mol. The number of benzene rings is 2. The Bertz CT molecular complexity index is 2650. The number of anilines is 1. The van der Waals surface area contributed by atoms with E-state index in [1.54, 1.807) is 13.8 Å². The van der Waals surface area contributed by atoms with Gasteiger partial charge in [-0.2, -0.15) is 45.3 Å². The Hall–Kier alpha value is -5.01. The Morgan fingerprint density at radius 3 is 2.11 bits per heavy atom. The van der Waals surface area contributed by atoms with Gasteiger partial charge in [-0.05, 0) is 68.5 Å². The Morgan fingerprint density at radius 1 is 0.923 bits per heavy atom. The second-order valence-electron chi connectivity index (χ2n) is 14.5. The molecule has 3 atom stereocenters. The number of carbonyl (C=O) groups is 1. The Kier molecular flexibility index (Phi) is 16.7. The average Bonchev–Trinajstić information content (AvgIpc) is 3.85. The summed E-state index contributed by atoms with van der Waals surface area (Å²) < 4.78 is 170. The van der Waals surface area contributed by atoms with Crippen LogP contribution in [0.4, 0.5) is 49.7 Å². The molecule has 354 valence electrons. The highest BCUT2D eigenvalue weighted by Gasteiger charge is 2.50. The molecule has 0 fully saturated rings. The van der Waals surface area contributed by atoms with Gasteiger partial charge in [-0.3, -0.25) is 23.1 Å². The Labute approximate surface area is 377 Å². The lowest BCUT2D eigenvalue weighted by Gasteiger charge is -2.23. The number of carbonyl (C=O) groups excluding carboxylic acids is 1. The van der Waals surface area contributed by atoms with E-state index in [0.29, 0.717) is 10.7 Å². The summed E-state index contributed by atoms with van der Waals surface area (Å²) in [5.74, 6) is -1.86. The maximum absolute atomic E-state index is 15.0. The molecule has 0 aliphatic heterocycles. The SMILES string of the molecule is CC.CC.CS(=O)Nc1nn(CC(F)(F)F)c2c(-c3ccc(C#CC(C)(C)S(C)=O)nc3C(Cc3cc(F)cc(F)c3)NC(=O)Cn3nc(C(F)(F)F)c4c3C(F)(F)CC4)ccc(Cl)c12. The van der Waals surface area contributed by atoms with Crippen LogP contribution in [0.1, 0.15) is 87.9 Å². The third-order valence-electron chi connectivity index (χ3n) is 9.51. The molecule has 1 aliphatic rings. The molecule has 65 heavy (non-hydrogen) atoms. The van der Waals surface area contributed by atoms with Crippen LogP contribution >= 0.6 is 11.6 Å². The number of nitrogens with zero attached hydrogens (tertiary/aromatic N) is 5. The quantitative estimate of drug-likeness (QED) is 0.100. The van der Waals surface area contributed by atoms with E-state index in [2.05, 4.69) is 37.1 Å². The highest BCUT2D eigenvalue weighted by atomic mass is 35.5. The Morgan fingerprint density at radius 2 is 1.54 bits per heavy atom. The molecule has 1 aliphatic carbocycles. The van der Waals surface area contributed by atoms with Crippen LogP contribution in [0, 0.1) is 23.5 Å². The van der Waals surface area contributed by atoms with E-state index >= 15 is 8.78 Å². The van der Waals surface area contributed by atoms with E-state index in [4.69, 9.17) is 11.6 Å². The predicted octanol–water partition coefficient (Wildman–Crippen LogP) is 10.2. The normalized spacial score (nSPS) is 14.8. The molecule has 3 aromatic heterocycles. The van der Waals surface area contributed by atoms with Crippen LogP contribution in [-0.4, -0.2) is 62.3 Å². The minimum absolute atomic E-state index is 0.0638. The summed E-state index contributed by atoms with van der Waals surface area (Å²) in [6, 6.07) is 5.99. The van der Waals surface area contributed by atoms with Crippen molar-refractivity contribution in [2.24, 2.45) is 0 Å². The molecule has 2 aromatic carbocycles. The van der Waals surface area contributed by atoms with Crippen molar-refractivity contribution in [1.82, 2.24) is 29.9 Å². The number of rotatable bonds is 11. The molecule has 10 nitrogen and oxygen atoms in total. The monoisotopic (exact) mass is 983 g/mol. The molecule has 3 unspecified atom stereocenters. The highest BCUT2D eigenvalue weighted by molar-refractivity contribution is 7.86. The lowest BCUT2D eigenvalue weighted by molar-refractivity contribution is -0.142.